The highest BCUT2D eigenvalue weighted by Crippen LogP contribution is 2.53. The molecule has 1 heterocycles. The molecule has 3 aromatic carbocycles. The lowest BCUT2D eigenvalue weighted by Gasteiger charge is -2.24. The van der Waals surface area contributed by atoms with Gasteiger partial charge in [-0.15, -0.1) is 0 Å². The maximum absolute atomic E-state index is 6.06. The standard InChI is InChI=1S/C21H17ClN2PS/c1-25(16-10-4-2-5-11-16,17-12-6-3-7-13-17)19-15-9-8-14-18(19)20-23-21(22)26-24-20/h2-15H,1H3/q+1. The highest BCUT2D eigenvalue weighted by Gasteiger charge is 2.42. The number of aromatic nitrogens is 2. The van der Waals surface area contributed by atoms with Crippen molar-refractivity contribution in [1.82, 2.24) is 9.36 Å². The van der Waals surface area contributed by atoms with Gasteiger partial charge in [0.1, 0.15) is 23.2 Å². The average Bonchev–Trinajstić information content (AvgIpc) is 3.15. The van der Waals surface area contributed by atoms with Crippen LogP contribution in [0.2, 0.25) is 4.47 Å². The molecule has 0 bridgehead atoms. The van der Waals surface area contributed by atoms with E-state index in [0.29, 0.717) is 10.3 Å². The fraction of sp³-hybridized carbons (Fsp3) is 0.0476. The van der Waals surface area contributed by atoms with Gasteiger partial charge in [0, 0.05) is 0 Å². The number of hydrogen-bond donors (Lipinski definition) is 0. The maximum Gasteiger partial charge on any atom is 0.203 e. The summed E-state index contributed by atoms with van der Waals surface area (Å²) in [6, 6.07) is 29.9. The van der Waals surface area contributed by atoms with Crippen LogP contribution in [0.1, 0.15) is 0 Å². The second-order valence-electron chi connectivity index (χ2n) is 6.07. The number of halogens is 1. The second kappa shape index (κ2) is 7.28. The third-order valence-corrected chi connectivity index (χ3v) is 9.39. The van der Waals surface area contributed by atoms with Gasteiger partial charge in [-0.05, 0) is 59.5 Å². The summed E-state index contributed by atoms with van der Waals surface area (Å²) in [5.41, 5.74) is 1.05. The molecule has 0 spiro atoms. The zero-order valence-corrected chi connectivity index (χ0v) is 16.7. The first kappa shape index (κ1) is 17.4. The van der Waals surface area contributed by atoms with Gasteiger partial charge in [-0.25, -0.2) is 4.98 Å². The molecule has 0 atom stereocenters. The van der Waals surface area contributed by atoms with E-state index < -0.39 is 7.26 Å². The van der Waals surface area contributed by atoms with Gasteiger partial charge in [0.15, 0.2) is 5.82 Å². The SMILES string of the molecule is C[P+](c1ccccc1)(c1ccccc1)c1ccccc1-c1nsc(Cl)n1. The van der Waals surface area contributed by atoms with Crippen molar-refractivity contribution in [3.8, 4) is 11.4 Å². The Labute approximate surface area is 163 Å². The monoisotopic (exact) mass is 395 g/mol. The molecule has 0 saturated heterocycles. The van der Waals surface area contributed by atoms with Crippen molar-refractivity contribution in [2.75, 3.05) is 6.66 Å². The molecule has 4 aromatic rings. The molecule has 0 aliphatic heterocycles. The summed E-state index contributed by atoms with van der Waals surface area (Å²) >= 11 is 7.29. The largest absolute Gasteiger partial charge is 0.203 e. The Balaban J connectivity index is 2.00. The van der Waals surface area contributed by atoms with Crippen molar-refractivity contribution in [3.05, 3.63) is 89.4 Å². The van der Waals surface area contributed by atoms with Gasteiger partial charge in [-0.2, -0.15) is 4.37 Å². The van der Waals surface area contributed by atoms with E-state index in [1.54, 1.807) is 0 Å². The first-order chi connectivity index (χ1) is 12.7. The summed E-state index contributed by atoms with van der Waals surface area (Å²) in [5.74, 6) is 0.702. The van der Waals surface area contributed by atoms with Crippen molar-refractivity contribution in [3.63, 3.8) is 0 Å². The van der Waals surface area contributed by atoms with E-state index in [1.807, 2.05) is 6.07 Å². The minimum Gasteiger partial charge on any atom is -0.203 e. The molecule has 0 fully saturated rings. The topological polar surface area (TPSA) is 25.8 Å². The van der Waals surface area contributed by atoms with Gasteiger partial charge in [-0.1, -0.05) is 48.5 Å². The lowest BCUT2D eigenvalue weighted by atomic mass is 10.2. The van der Waals surface area contributed by atoms with Crippen LogP contribution < -0.4 is 15.9 Å². The van der Waals surface area contributed by atoms with E-state index in [-0.39, 0.29) is 0 Å². The molecule has 0 saturated carbocycles. The van der Waals surface area contributed by atoms with Crippen LogP contribution in [-0.4, -0.2) is 16.0 Å². The highest BCUT2D eigenvalue weighted by atomic mass is 35.5. The molecule has 0 unspecified atom stereocenters. The van der Waals surface area contributed by atoms with Gasteiger partial charge in [0.2, 0.25) is 4.47 Å². The Kier molecular flexibility index (Phi) is 4.86. The van der Waals surface area contributed by atoms with E-state index >= 15 is 0 Å². The fourth-order valence-corrected chi connectivity index (χ4v) is 7.29. The highest BCUT2D eigenvalue weighted by molar-refractivity contribution is 7.95. The maximum atomic E-state index is 6.06. The van der Waals surface area contributed by atoms with E-state index in [9.17, 15) is 0 Å². The lowest BCUT2D eigenvalue weighted by molar-refractivity contribution is 1.33. The van der Waals surface area contributed by atoms with E-state index in [2.05, 4.69) is 94.9 Å². The van der Waals surface area contributed by atoms with E-state index in [1.165, 1.54) is 27.4 Å². The second-order valence-corrected chi connectivity index (χ2v) is 10.9. The quantitative estimate of drug-likeness (QED) is 0.465. The van der Waals surface area contributed by atoms with Crippen LogP contribution in [-0.2, 0) is 0 Å². The molecule has 0 aliphatic carbocycles. The predicted octanol–water partition coefficient (Wildman–Crippen LogP) is 4.78. The Morgan fingerprint density at radius 3 is 1.85 bits per heavy atom. The summed E-state index contributed by atoms with van der Waals surface area (Å²) in [4.78, 5) is 4.43. The summed E-state index contributed by atoms with van der Waals surface area (Å²) in [6.45, 7) is 2.37. The van der Waals surface area contributed by atoms with Crippen molar-refractivity contribution in [1.29, 1.82) is 0 Å². The Morgan fingerprint density at radius 2 is 1.31 bits per heavy atom. The summed E-state index contributed by atoms with van der Waals surface area (Å²) in [5, 5.41) is 3.94. The molecule has 0 radical (unpaired) electrons. The Morgan fingerprint density at radius 1 is 0.769 bits per heavy atom. The van der Waals surface area contributed by atoms with Crippen LogP contribution in [0.5, 0.6) is 0 Å². The molecule has 4 rings (SSSR count). The van der Waals surface area contributed by atoms with Gasteiger partial charge in [-0.3, -0.25) is 0 Å². The van der Waals surface area contributed by atoms with Crippen molar-refractivity contribution < 1.29 is 0 Å². The van der Waals surface area contributed by atoms with Gasteiger partial charge >= 0.3 is 0 Å². The third-order valence-electron chi connectivity index (χ3n) is 4.57. The van der Waals surface area contributed by atoms with Crippen LogP contribution in [0.25, 0.3) is 11.4 Å². The average molecular weight is 396 g/mol. The first-order valence-electron chi connectivity index (χ1n) is 8.26. The zero-order chi connectivity index (χ0) is 18.0. The summed E-state index contributed by atoms with van der Waals surface area (Å²) in [7, 11) is -1.84. The number of rotatable bonds is 4. The van der Waals surface area contributed by atoms with Crippen molar-refractivity contribution in [2.24, 2.45) is 0 Å². The molecular formula is C21H17ClN2PS+. The predicted molar refractivity (Wildman–Crippen MR) is 115 cm³/mol. The third kappa shape index (κ3) is 3.07. The van der Waals surface area contributed by atoms with E-state index in [0.717, 1.165) is 5.56 Å². The molecule has 5 heteroatoms. The van der Waals surface area contributed by atoms with Crippen molar-refractivity contribution in [2.45, 2.75) is 0 Å². The Hall–Kier alpha value is -2.06. The van der Waals surface area contributed by atoms with Crippen LogP contribution in [0.3, 0.4) is 0 Å². The molecular weight excluding hydrogens is 379 g/mol. The molecule has 2 nitrogen and oxygen atoms in total. The van der Waals surface area contributed by atoms with Crippen LogP contribution in [0, 0.1) is 0 Å². The van der Waals surface area contributed by atoms with Crippen molar-refractivity contribution >= 4 is 46.3 Å². The first-order valence-corrected chi connectivity index (χ1v) is 11.7. The zero-order valence-electron chi connectivity index (χ0n) is 14.2. The summed E-state index contributed by atoms with van der Waals surface area (Å²) < 4.78 is 4.93. The summed E-state index contributed by atoms with van der Waals surface area (Å²) in [6.07, 6.45) is 0. The molecule has 26 heavy (non-hydrogen) atoms. The number of benzene rings is 3. The van der Waals surface area contributed by atoms with Crippen LogP contribution in [0.4, 0.5) is 0 Å². The minimum atomic E-state index is -1.84. The molecule has 128 valence electrons. The Bertz CT molecular complexity index is 979. The minimum absolute atomic E-state index is 0.467. The number of nitrogens with zero attached hydrogens (tertiary/aromatic N) is 2. The van der Waals surface area contributed by atoms with Gasteiger partial charge < -0.3 is 0 Å². The molecule has 0 amide bonds. The molecule has 1 aromatic heterocycles. The van der Waals surface area contributed by atoms with Crippen LogP contribution >= 0.6 is 30.4 Å². The van der Waals surface area contributed by atoms with Gasteiger partial charge in [0.05, 0.1) is 12.2 Å². The number of hydrogen-bond acceptors (Lipinski definition) is 3. The van der Waals surface area contributed by atoms with Gasteiger partial charge in [0.25, 0.3) is 0 Å². The lowest BCUT2D eigenvalue weighted by Crippen LogP contribution is -2.31. The molecule has 0 aliphatic rings. The smallest absolute Gasteiger partial charge is 0.203 e. The normalized spacial score (nSPS) is 11.5. The fourth-order valence-electron chi connectivity index (χ4n) is 3.25. The van der Waals surface area contributed by atoms with E-state index in [4.69, 9.17) is 11.6 Å². The van der Waals surface area contributed by atoms with Crippen LogP contribution in [0.15, 0.2) is 84.9 Å². The molecule has 0 N–H and O–H groups in total.